The number of aliphatic carboxylic acids is 1. The Hall–Kier alpha value is -2.43. The highest BCUT2D eigenvalue weighted by molar-refractivity contribution is 6.45. The van der Waals surface area contributed by atoms with Gasteiger partial charge in [0.25, 0.3) is 5.56 Å². The number of piperidine rings is 1. The molecule has 10 heteroatoms. The Labute approximate surface area is 230 Å². The number of fused-ring (bicyclic) bond motifs is 2. The molecule has 0 bridgehead atoms. The molecule has 39 heavy (non-hydrogen) atoms. The molecule has 1 aliphatic carbocycles. The second kappa shape index (κ2) is 10.9. The lowest BCUT2D eigenvalue weighted by Crippen LogP contribution is -2.57. The predicted octanol–water partition coefficient (Wildman–Crippen LogP) is 3.08. The van der Waals surface area contributed by atoms with Crippen molar-refractivity contribution in [2.24, 2.45) is 11.8 Å². The number of para-hydroxylation sites is 2. The molecule has 9 nitrogen and oxygen atoms in total. The molecule has 0 spiro atoms. The summed E-state index contributed by atoms with van der Waals surface area (Å²) in [6.07, 6.45) is 8.33. The highest BCUT2D eigenvalue weighted by atomic mass is 16.4. The van der Waals surface area contributed by atoms with E-state index >= 15 is 0 Å². The summed E-state index contributed by atoms with van der Waals surface area (Å²) in [5.74, 6) is 0.724. The van der Waals surface area contributed by atoms with E-state index in [1.54, 1.807) is 0 Å². The number of carboxylic acid groups (broad SMARTS) is 1. The summed E-state index contributed by atoms with van der Waals surface area (Å²) in [5, 5.41) is 20.4. The van der Waals surface area contributed by atoms with Crippen LogP contribution in [0.3, 0.4) is 0 Å². The van der Waals surface area contributed by atoms with E-state index in [2.05, 4.69) is 14.6 Å². The Morgan fingerprint density at radius 2 is 1.59 bits per heavy atom. The number of hydrogen-bond acceptors (Lipinski definition) is 7. The molecule has 0 radical (unpaired) electrons. The molecule has 1 aromatic heterocycles. The Morgan fingerprint density at radius 3 is 2.21 bits per heavy atom. The Bertz CT molecular complexity index is 1240. The molecule has 2 unspecified atom stereocenters. The lowest BCUT2D eigenvalue weighted by molar-refractivity contribution is -0.154. The molecule has 3 saturated heterocycles. The maximum Gasteiger partial charge on any atom is 0.376 e. The van der Waals surface area contributed by atoms with Crippen LogP contribution in [0.2, 0.25) is 6.82 Å². The van der Waals surface area contributed by atoms with Gasteiger partial charge in [-0.3, -0.25) is 14.5 Å². The van der Waals surface area contributed by atoms with Crippen molar-refractivity contribution in [2.45, 2.75) is 76.2 Å². The van der Waals surface area contributed by atoms with Crippen LogP contribution in [0, 0.1) is 11.8 Å². The third-order valence-corrected chi connectivity index (χ3v) is 10.1. The SMILES string of the molecule is CB(O)N1CC2CN(c3nc4ccccc4n(C4CCN(C5(C(=O)O)CCCCCCC5)CC4)c3=O)CC2C1. The van der Waals surface area contributed by atoms with E-state index in [0.29, 0.717) is 30.7 Å². The highest BCUT2D eigenvalue weighted by Crippen LogP contribution is 2.37. The molecular weight excluding hydrogens is 493 g/mol. The van der Waals surface area contributed by atoms with E-state index < -0.39 is 18.6 Å². The smallest absolute Gasteiger partial charge is 0.376 e. The predicted molar refractivity (Wildman–Crippen MR) is 153 cm³/mol. The zero-order valence-electron chi connectivity index (χ0n) is 23.2. The minimum absolute atomic E-state index is 0.0210. The minimum atomic E-state index is -0.769. The molecule has 2 atom stereocenters. The van der Waals surface area contributed by atoms with Crippen LogP contribution in [-0.2, 0) is 4.79 Å². The maximum atomic E-state index is 14.1. The first kappa shape index (κ1) is 26.8. The molecule has 4 aliphatic rings. The molecule has 2 N–H and O–H groups in total. The van der Waals surface area contributed by atoms with Crippen molar-refractivity contribution in [3.8, 4) is 0 Å². The second-order valence-corrected chi connectivity index (χ2v) is 12.4. The number of hydrogen-bond donors (Lipinski definition) is 2. The second-order valence-electron chi connectivity index (χ2n) is 12.4. The van der Waals surface area contributed by atoms with Gasteiger partial charge in [-0.15, -0.1) is 0 Å². The number of carbonyl (C=O) groups is 1. The monoisotopic (exact) mass is 535 g/mol. The van der Waals surface area contributed by atoms with Gasteiger partial charge in [-0.25, -0.2) is 4.98 Å². The van der Waals surface area contributed by atoms with Gasteiger partial charge in [-0.1, -0.05) is 44.2 Å². The van der Waals surface area contributed by atoms with Gasteiger partial charge in [-0.2, -0.15) is 0 Å². The molecular formula is C29H42BN5O4. The van der Waals surface area contributed by atoms with E-state index in [9.17, 15) is 19.7 Å². The first-order chi connectivity index (χ1) is 18.9. The molecule has 1 saturated carbocycles. The Morgan fingerprint density at radius 1 is 0.974 bits per heavy atom. The largest absolute Gasteiger partial charge is 0.480 e. The molecule has 1 aromatic carbocycles. The van der Waals surface area contributed by atoms with E-state index in [4.69, 9.17) is 4.98 Å². The van der Waals surface area contributed by atoms with Crippen LogP contribution in [0.1, 0.15) is 63.8 Å². The summed E-state index contributed by atoms with van der Waals surface area (Å²) in [4.78, 5) is 38.1. The van der Waals surface area contributed by atoms with Gasteiger partial charge in [0.05, 0.1) is 11.0 Å². The van der Waals surface area contributed by atoms with E-state index in [1.165, 1.54) is 6.42 Å². The summed E-state index contributed by atoms with van der Waals surface area (Å²) < 4.78 is 1.97. The van der Waals surface area contributed by atoms with Crippen LogP contribution in [0.4, 0.5) is 5.82 Å². The van der Waals surface area contributed by atoms with Crippen molar-refractivity contribution < 1.29 is 14.9 Å². The Kier molecular flexibility index (Phi) is 7.46. The van der Waals surface area contributed by atoms with Crippen LogP contribution in [0.5, 0.6) is 0 Å². The van der Waals surface area contributed by atoms with Crippen LogP contribution in [0.15, 0.2) is 29.1 Å². The van der Waals surface area contributed by atoms with Crippen molar-refractivity contribution in [3.63, 3.8) is 0 Å². The number of aromatic nitrogens is 2. The van der Waals surface area contributed by atoms with Crippen LogP contribution >= 0.6 is 0 Å². The van der Waals surface area contributed by atoms with E-state index in [0.717, 1.165) is 88.6 Å². The van der Waals surface area contributed by atoms with Gasteiger partial charge in [0, 0.05) is 32.2 Å². The molecule has 2 aromatic rings. The minimum Gasteiger partial charge on any atom is -0.480 e. The number of benzene rings is 1. The first-order valence-corrected chi connectivity index (χ1v) is 15.0. The van der Waals surface area contributed by atoms with Gasteiger partial charge < -0.3 is 24.4 Å². The summed E-state index contributed by atoms with van der Waals surface area (Å²) in [6.45, 7) is 6.48. The lowest BCUT2D eigenvalue weighted by atomic mass is 9.81. The first-order valence-electron chi connectivity index (χ1n) is 15.0. The van der Waals surface area contributed by atoms with Crippen molar-refractivity contribution in [2.75, 3.05) is 44.2 Å². The molecule has 4 fully saturated rings. The zero-order valence-corrected chi connectivity index (χ0v) is 23.2. The molecule has 6 rings (SSSR count). The van der Waals surface area contributed by atoms with Gasteiger partial charge in [0.2, 0.25) is 0 Å². The highest BCUT2D eigenvalue weighted by Gasteiger charge is 2.46. The lowest BCUT2D eigenvalue weighted by Gasteiger charge is -2.45. The van der Waals surface area contributed by atoms with Gasteiger partial charge >= 0.3 is 13.0 Å². The fourth-order valence-corrected chi connectivity index (χ4v) is 7.93. The summed E-state index contributed by atoms with van der Waals surface area (Å²) in [6, 6.07) is 7.94. The average Bonchev–Trinajstić information content (AvgIpc) is 3.49. The van der Waals surface area contributed by atoms with Gasteiger partial charge in [-0.05, 0) is 69.6 Å². The summed E-state index contributed by atoms with van der Waals surface area (Å²) in [5.41, 5.74) is 0.899. The van der Waals surface area contributed by atoms with E-state index in [-0.39, 0.29) is 11.6 Å². The third-order valence-electron chi connectivity index (χ3n) is 10.1. The molecule has 3 aliphatic heterocycles. The molecule has 0 amide bonds. The van der Waals surface area contributed by atoms with Crippen molar-refractivity contribution in [1.29, 1.82) is 0 Å². The van der Waals surface area contributed by atoms with Crippen LogP contribution in [-0.4, -0.2) is 87.2 Å². The van der Waals surface area contributed by atoms with Crippen molar-refractivity contribution in [3.05, 3.63) is 34.6 Å². The van der Waals surface area contributed by atoms with Crippen LogP contribution in [0.25, 0.3) is 11.0 Å². The quantitative estimate of drug-likeness (QED) is 0.564. The summed E-state index contributed by atoms with van der Waals surface area (Å²) in [7, 11) is -0.436. The number of anilines is 1. The maximum absolute atomic E-state index is 14.1. The average molecular weight is 535 g/mol. The summed E-state index contributed by atoms with van der Waals surface area (Å²) >= 11 is 0. The molecule has 4 heterocycles. The number of rotatable bonds is 5. The number of nitrogens with zero attached hydrogens (tertiary/aromatic N) is 5. The third kappa shape index (κ3) is 4.89. The van der Waals surface area contributed by atoms with E-state index in [1.807, 2.05) is 35.7 Å². The van der Waals surface area contributed by atoms with Crippen molar-refractivity contribution in [1.82, 2.24) is 19.3 Å². The fraction of sp³-hybridized carbons (Fsp3) is 0.690. The Balaban J connectivity index is 1.26. The van der Waals surface area contributed by atoms with Gasteiger partial charge in [0.1, 0.15) is 5.54 Å². The molecule has 210 valence electrons. The topological polar surface area (TPSA) is 102 Å². The van der Waals surface area contributed by atoms with Crippen LogP contribution < -0.4 is 10.5 Å². The fourth-order valence-electron chi connectivity index (χ4n) is 7.93. The van der Waals surface area contributed by atoms with Gasteiger partial charge in [0.15, 0.2) is 5.82 Å². The number of likely N-dealkylation sites (tertiary alicyclic amines) is 1. The normalized spacial score (nSPS) is 26.9. The van der Waals surface area contributed by atoms with Crippen molar-refractivity contribution >= 4 is 29.9 Å². The standard InChI is InChI=1S/C29H42BN5O4/c1-30(39)34-19-21-17-32(18-22(21)20-34)26-27(36)35(25-10-6-5-9-24(25)31-26)23-11-15-33(16-12-23)29(28(37)38)13-7-3-2-4-8-14-29/h5-6,9-10,21-23,39H,2-4,7-8,11-20H2,1H3,(H,37,38). The number of carboxylic acids is 1. The zero-order chi connectivity index (χ0) is 27.1.